The highest BCUT2D eigenvalue weighted by Crippen LogP contribution is 2.20. The predicted molar refractivity (Wildman–Crippen MR) is 93.6 cm³/mol. The Morgan fingerprint density at radius 3 is 2.58 bits per heavy atom. The van der Waals surface area contributed by atoms with Gasteiger partial charge in [0.15, 0.2) is 0 Å². The quantitative estimate of drug-likeness (QED) is 0.935. The van der Waals surface area contributed by atoms with Gasteiger partial charge in [-0.3, -0.25) is 4.79 Å². The average molecular weight is 326 g/mol. The number of ether oxygens (including phenoxy) is 1. The molecule has 126 valence electrons. The summed E-state index contributed by atoms with van der Waals surface area (Å²) in [4.78, 5) is 23.3. The van der Waals surface area contributed by atoms with E-state index in [1.807, 2.05) is 0 Å². The number of benzene rings is 1. The molecule has 1 aromatic heterocycles. The van der Waals surface area contributed by atoms with Crippen molar-refractivity contribution >= 4 is 17.5 Å². The molecule has 0 aliphatic carbocycles. The van der Waals surface area contributed by atoms with Crippen LogP contribution in [0.4, 0.5) is 11.6 Å². The summed E-state index contributed by atoms with van der Waals surface area (Å²) in [5.41, 5.74) is 1.07. The van der Waals surface area contributed by atoms with Gasteiger partial charge in [0.25, 0.3) is 5.91 Å². The fourth-order valence-electron chi connectivity index (χ4n) is 2.71. The number of hydrogen-bond acceptors (Lipinski definition) is 5. The van der Waals surface area contributed by atoms with Crippen LogP contribution in [0.1, 0.15) is 30.3 Å². The number of aromatic nitrogens is 2. The number of hydrogen-bond donors (Lipinski definition) is 1. The maximum atomic E-state index is 12.4. The van der Waals surface area contributed by atoms with Gasteiger partial charge in [-0.1, -0.05) is 6.92 Å². The van der Waals surface area contributed by atoms with E-state index in [4.69, 9.17) is 4.74 Å². The number of carbonyl (C=O) groups excluding carboxylic acids is 1. The Kier molecular flexibility index (Phi) is 4.93. The molecule has 1 saturated heterocycles. The maximum Gasteiger partial charge on any atom is 0.274 e. The van der Waals surface area contributed by atoms with Gasteiger partial charge in [0.2, 0.25) is 5.95 Å². The first-order chi connectivity index (χ1) is 11.7. The van der Waals surface area contributed by atoms with Crippen molar-refractivity contribution in [3.8, 4) is 5.75 Å². The lowest BCUT2D eigenvalue weighted by Crippen LogP contribution is -2.34. The third kappa shape index (κ3) is 3.82. The molecule has 6 heteroatoms. The van der Waals surface area contributed by atoms with E-state index >= 15 is 0 Å². The lowest BCUT2D eigenvalue weighted by Gasteiger charge is -2.30. The Morgan fingerprint density at radius 2 is 1.92 bits per heavy atom. The monoisotopic (exact) mass is 326 g/mol. The molecule has 2 aromatic rings. The van der Waals surface area contributed by atoms with E-state index in [1.165, 1.54) is 0 Å². The molecule has 1 fully saturated rings. The largest absolute Gasteiger partial charge is 0.497 e. The summed E-state index contributed by atoms with van der Waals surface area (Å²) in [5.74, 6) is 1.87. The second-order valence-electron chi connectivity index (χ2n) is 6.09. The number of nitrogens with one attached hydrogen (secondary N) is 1. The van der Waals surface area contributed by atoms with Crippen LogP contribution in [-0.4, -0.2) is 36.1 Å². The molecular weight excluding hydrogens is 304 g/mol. The zero-order chi connectivity index (χ0) is 16.9. The van der Waals surface area contributed by atoms with Crippen molar-refractivity contribution in [2.75, 3.05) is 30.4 Å². The average Bonchev–Trinajstić information content (AvgIpc) is 2.63. The van der Waals surface area contributed by atoms with E-state index in [2.05, 4.69) is 27.1 Å². The second-order valence-corrected chi connectivity index (χ2v) is 6.09. The number of rotatable bonds is 4. The summed E-state index contributed by atoms with van der Waals surface area (Å²) in [6, 6.07) is 8.83. The minimum atomic E-state index is -0.241. The van der Waals surface area contributed by atoms with E-state index in [9.17, 15) is 4.79 Å². The van der Waals surface area contributed by atoms with Crippen LogP contribution in [0.15, 0.2) is 36.5 Å². The van der Waals surface area contributed by atoms with Gasteiger partial charge in [0.1, 0.15) is 11.4 Å². The molecule has 1 aliphatic rings. The minimum absolute atomic E-state index is 0.241. The van der Waals surface area contributed by atoms with Crippen molar-refractivity contribution in [2.24, 2.45) is 5.92 Å². The highest BCUT2D eigenvalue weighted by molar-refractivity contribution is 6.03. The Bertz CT molecular complexity index is 694. The van der Waals surface area contributed by atoms with Crippen molar-refractivity contribution in [1.29, 1.82) is 0 Å². The van der Waals surface area contributed by atoms with Gasteiger partial charge in [-0.25, -0.2) is 9.97 Å². The molecule has 0 radical (unpaired) electrons. The summed E-state index contributed by atoms with van der Waals surface area (Å²) in [6.45, 7) is 4.13. The number of amides is 1. The van der Waals surface area contributed by atoms with Crippen molar-refractivity contribution in [1.82, 2.24) is 9.97 Å². The lowest BCUT2D eigenvalue weighted by atomic mass is 10.00. The number of carbonyl (C=O) groups is 1. The normalized spacial score (nSPS) is 15.2. The Morgan fingerprint density at radius 1 is 1.21 bits per heavy atom. The van der Waals surface area contributed by atoms with Crippen LogP contribution < -0.4 is 15.0 Å². The van der Waals surface area contributed by atoms with Gasteiger partial charge in [0, 0.05) is 25.0 Å². The van der Waals surface area contributed by atoms with Crippen LogP contribution >= 0.6 is 0 Å². The van der Waals surface area contributed by atoms with Crippen molar-refractivity contribution < 1.29 is 9.53 Å². The highest BCUT2D eigenvalue weighted by Gasteiger charge is 2.19. The number of methoxy groups -OCH3 is 1. The molecular formula is C18H22N4O2. The number of anilines is 2. The van der Waals surface area contributed by atoms with Crippen LogP contribution in [0.2, 0.25) is 0 Å². The van der Waals surface area contributed by atoms with E-state index in [1.54, 1.807) is 43.6 Å². The van der Waals surface area contributed by atoms with E-state index in [0.717, 1.165) is 37.6 Å². The van der Waals surface area contributed by atoms with Crippen LogP contribution in [0.25, 0.3) is 0 Å². The Labute approximate surface area is 141 Å². The maximum absolute atomic E-state index is 12.4. The summed E-state index contributed by atoms with van der Waals surface area (Å²) < 4.78 is 5.11. The second kappa shape index (κ2) is 7.29. The van der Waals surface area contributed by atoms with Gasteiger partial charge in [-0.15, -0.1) is 0 Å². The van der Waals surface area contributed by atoms with E-state index in [-0.39, 0.29) is 5.91 Å². The van der Waals surface area contributed by atoms with Gasteiger partial charge in [-0.05, 0) is 49.1 Å². The molecule has 3 rings (SSSR count). The van der Waals surface area contributed by atoms with Crippen molar-refractivity contribution in [3.05, 3.63) is 42.2 Å². The summed E-state index contributed by atoms with van der Waals surface area (Å²) >= 11 is 0. The van der Waals surface area contributed by atoms with Gasteiger partial charge in [-0.2, -0.15) is 0 Å². The predicted octanol–water partition coefficient (Wildman–Crippen LogP) is 2.97. The molecule has 0 spiro atoms. The smallest absolute Gasteiger partial charge is 0.274 e. The minimum Gasteiger partial charge on any atom is -0.497 e. The highest BCUT2D eigenvalue weighted by atomic mass is 16.5. The van der Waals surface area contributed by atoms with E-state index < -0.39 is 0 Å². The fraction of sp³-hybridized carbons (Fsp3) is 0.389. The van der Waals surface area contributed by atoms with Crippen LogP contribution in [0, 0.1) is 5.92 Å². The first-order valence-electron chi connectivity index (χ1n) is 8.19. The molecule has 0 atom stereocenters. The van der Waals surface area contributed by atoms with Crippen LogP contribution in [0.5, 0.6) is 5.75 Å². The number of piperidine rings is 1. The third-order valence-electron chi connectivity index (χ3n) is 4.29. The van der Waals surface area contributed by atoms with Gasteiger partial charge >= 0.3 is 0 Å². The molecule has 1 N–H and O–H groups in total. The lowest BCUT2D eigenvalue weighted by molar-refractivity contribution is 0.102. The van der Waals surface area contributed by atoms with Crippen molar-refractivity contribution in [2.45, 2.75) is 19.8 Å². The molecule has 6 nitrogen and oxygen atoms in total. The molecule has 0 unspecified atom stereocenters. The molecule has 0 bridgehead atoms. The van der Waals surface area contributed by atoms with Crippen LogP contribution in [-0.2, 0) is 0 Å². The molecule has 1 aromatic carbocycles. The third-order valence-corrected chi connectivity index (χ3v) is 4.29. The topological polar surface area (TPSA) is 67.3 Å². The zero-order valence-electron chi connectivity index (χ0n) is 14.0. The summed E-state index contributed by atoms with van der Waals surface area (Å²) in [5, 5.41) is 2.84. The molecule has 1 amide bonds. The molecule has 0 saturated carbocycles. The number of nitrogens with zero attached hydrogens (tertiary/aromatic N) is 3. The molecule has 1 aliphatic heterocycles. The molecule has 24 heavy (non-hydrogen) atoms. The Balaban J connectivity index is 1.69. The Hall–Kier alpha value is -2.63. The van der Waals surface area contributed by atoms with Crippen LogP contribution in [0.3, 0.4) is 0 Å². The molecule has 2 heterocycles. The zero-order valence-corrected chi connectivity index (χ0v) is 14.0. The van der Waals surface area contributed by atoms with Gasteiger partial charge in [0.05, 0.1) is 7.11 Å². The standard InChI is InChI=1S/C18H22N4O2/c1-13-8-11-22(12-9-13)18-19-10-7-16(21-18)17(23)20-14-3-5-15(24-2)6-4-14/h3-7,10,13H,8-9,11-12H2,1-2H3,(H,20,23). The van der Waals surface area contributed by atoms with E-state index in [0.29, 0.717) is 17.3 Å². The SMILES string of the molecule is COc1ccc(NC(=O)c2ccnc(N3CCC(C)CC3)n2)cc1. The van der Waals surface area contributed by atoms with Gasteiger partial charge < -0.3 is 15.0 Å². The first kappa shape index (κ1) is 16.2. The first-order valence-corrected chi connectivity index (χ1v) is 8.19. The summed E-state index contributed by atoms with van der Waals surface area (Å²) in [6.07, 6.45) is 3.90. The van der Waals surface area contributed by atoms with Crippen molar-refractivity contribution in [3.63, 3.8) is 0 Å². The summed E-state index contributed by atoms with van der Waals surface area (Å²) in [7, 11) is 1.61. The fourth-order valence-corrected chi connectivity index (χ4v) is 2.71.